The second-order valence-corrected chi connectivity index (χ2v) is 5.91. The van der Waals surface area contributed by atoms with Gasteiger partial charge in [-0.3, -0.25) is 9.89 Å². The predicted octanol–water partition coefficient (Wildman–Crippen LogP) is 3.07. The van der Waals surface area contributed by atoms with Gasteiger partial charge in [0.1, 0.15) is 11.6 Å². The van der Waals surface area contributed by atoms with Crippen LogP contribution < -0.4 is 10.1 Å². The summed E-state index contributed by atoms with van der Waals surface area (Å²) in [6.45, 7) is 3.85. The van der Waals surface area contributed by atoms with Crippen molar-refractivity contribution < 1.29 is 9.53 Å². The highest BCUT2D eigenvalue weighted by molar-refractivity contribution is 7.99. The molecule has 0 unspecified atom stereocenters. The molecule has 1 aromatic heterocycles. The minimum atomic E-state index is -0.159. The maximum atomic E-state index is 12.0. The Morgan fingerprint density at radius 1 is 1.50 bits per heavy atom. The molecule has 0 radical (unpaired) electrons. The van der Waals surface area contributed by atoms with Crippen LogP contribution in [-0.4, -0.2) is 34.0 Å². The number of H-pyrrole nitrogens is 1. The number of nitrogens with one attached hydrogen (secondary N) is 2. The maximum Gasteiger partial charge on any atom is 0.234 e. The van der Waals surface area contributed by atoms with Gasteiger partial charge < -0.3 is 10.1 Å². The van der Waals surface area contributed by atoms with Crippen LogP contribution in [0.1, 0.15) is 18.3 Å². The molecule has 0 fully saturated rings. The lowest BCUT2D eigenvalue weighted by molar-refractivity contribution is -0.113. The minimum Gasteiger partial charge on any atom is -0.495 e. The van der Waals surface area contributed by atoms with Crippen LogP contribution in [0, 0.1) is 6.92 Å². The number of benzene rings is 1. The van der Waals surface area contributed by atoms with E-state index in [4.69, 9.17) is 16.3 Å². The number of amides is 1. The lowest BCUT2D eigenvalue weighted by Crippen LogP contribution is -2.15. The van der Waals surface area contributed by atoms with E-state index in [1.165, 1.54) is 18.9 Å². The number of nitrogens with zero attached hydrogens (tertiary/aromatic N) is 2. The van der Waals surface area contributed by atoms with E-state index in [1.807, 2.05) is 13.8 Å². The molecular formula is C14H17ClN4O2S. The fourth-order valence-corrected chi connectivity index (χ4v) is 2.52. The molecule has 0 saturated heterocycles. The summed E-state index contributed by atoms with van der Waals surface area (Å²) in [6, 6.07) is 3.47. The number of rotatable bonds is 6. The molecule has 0 aliphatic carbocycles. The smallest absolute Gasteiger partial charge is 0.234 e. The fourth-order valence-electron chi connectivity index (χ4n) is 1.75. The van der Waals surface area contributed by atoms with Gasteiger partial charge in [-0.05, 0) is 18.6 Å². The number of methoxy groups -OCH3 is 1. The molecule has 8 heteroatoms. The van der Waals surface area contributed by atoms with Gasteiger partial charge in [0.15, 0.2) is 0 Å². The molecular weight excluding hydrogens is 324 g/mol. The summed E-state index contributed by atoms with van der Waals surface area (Å²) >= 11 is 7.31. The van der Waals surface area contributed by atoms with E-state index in [-0.39, 0.29) is 11.7 Å². The van der Waals surface area contributed by atoms with Gasteiger partial charge in [-0.1, -0.05) is 30.3 Å². The Balaban J connectivity index is 1.98. The number of aromatic nitrogens is 3. The van der Waals surface area contributed by atoms with Crippen molar-refractivity contribution in [2.75, 3.05) is 18.2 Å². The summed E-state index contributed by atoms with van der Waals surface area (Å²) in [4.78, 5) is 16.3. The van der Waals surface area contributed by atoms with Gasteiger partial charge in [0, 0.05) is 17.5 Å². The molecule has 0 spiro atoms. The summed E-state index contributed by atoms with van der Waals surface area (Å²) in [5.41, 5.74) is 1.46. The number of hydrogen-bond acceptors (Lipinski definition) is 5. The molecule has 2 N–H and O–H groups in total. The SMILES string of the molecule is CCc1nc(SCC(=O)Nc2cc(C)c(Cl)cc2OC)n[nH]1. The molecule has 0 bridgehead atoms. The first-order valence-corrected chi connectivity index (χ1v) is 8.08. The van der Waals surface area contributed by atoms with Gasteiger partial charge >= 0.3 is 0 Å². The first kappa shape index (κ1) is 16.6. The van der Waals surface area contributed by atoms with Crippen molar-refractivity contribution in [3.63, 3.8) is 0 Å². The quantitative estimate of drug-likeness (QED) is 0.790. The molecule has 0 aliphatic rings. The van der Waals surface area contributed by atoms with Crippen LogP contribution in [-0.2, 0) is 11.2 Å². The average Bonchev–Trinajstić information content (AvgIpc) is 2.96. The van der Waals surface area contributed by atoms with Crippen LogP contribution >= 0.6 is 23.4 Å². The summed E-state index contributed by atoms with van der Waals surface area (Å²) in [7, 11) is 1.53. The van der Waals surface area contributed by atoms with Crippen LogP contribution in [0.5, 0.6) is 5.75 Å². The second-order valence-electron chi connectivity index (χ2n) is 4.56. The molecule has 0 aliphatic heterocycles. The number of halogens is 1. The maximum absolute atomic E-state index is 12.0. The van der Waals surface area contributed by atoms with Crippen molar-refractivity contribution in [1.29, 1.82) is 0 Å². The van der Waals surface area contributed by atoms with Crippen molar-refractivity contribution in [3.05, 3.63) is 28.5 Å². The molecule has 118 valence electrons. The van der Waals surface area contributed by atoms with Crippen molar-refractivity contribution in [2.24, 2.45) is 0 Å². The third-order valence-electron chi connectivity index (χ3n) is 2.93. The van der Waals surface area contributed by atoms with Crippen LogP contribution in [0.15, 0.2) is 17.3 Å². The first-order valence-electron chi connectivity index (χ1n) is 6.71. The van der Waals surface area contributed by atoms with Gasteiger partial charge in [-0.25, -0.2) is 4.98 Å². The Morgan fingerprint density at radius 3 is 2.91 bits per heavy atom. The van der Waals surface area contributed by atoms with Crippen LogP contribution in [0.4, 0.5) is 5.69 Å². The van der Waals surface area contributed by atoms with E-state index in [0.717, 1.165) is 17.8 Å². The Hall–Kier alpha value is -1.73. The molecule has 22 heavy (non-hydrogen) atoms. The molecule has 1 amide bonds. The second kappa shape index (κ2) is 7.51. The summed E-state index contributed by atoms with van der Waals surface area (Å²) in [5.74, 6) is 1.39. The number of thioether (sulfide) groups is 1. The summed E-state index contributed by atoms with van der Waals surface area (Å²) < 4.78 is 5.23. The van der Waals surface area contributed by atoms with E-state index in [2.05, 4.69) is 20.5 Å². The zero-order chi connectivity index (χ0) is 16.1. The van der Waals surface area contributed by atoms with Gasteiger partial charge in [-0.2, -0.15) is 0 Å². The van der Waals surface area contributed by atoms with E-state index in [9.17, 15) is 4.79 Å². The zero-order valence-corrected chi connectivity index (χ0v) is 14.1. The predicted molar refractivity (Wildman–Crippen MR) is 87.9 cm³/mol. The highest BCUT2D eigenvalue weighted by Crippen LogP contribution is 2.31. The van der Waals surface area contributed by atoms with Crippen LogP contribution in [0.25, 0.3) is 0 Å². The Bertz CT molecular complexity index is 675. The highest BCUT2D eigenvalue weighted by atomic mass is 35.5. The van der Waals surface area contributed by atoms with Gasteiger partial charge in [-0.15, -0.1) is 5.10 Å². The van der Waals surface area contributed by atoms with Gasteiger partial charge in [0.25, 0.3) is 0 Å². The third-order valence-corrected chi connectivity index (χ3v) is 4.19. The van der Waals surface area contributed by atoms with Crippen molar-refractivity contribution in [3.8, 4) is 5.75 Å². The summed E-state index contributed by atoms with van der Waals surface area (Å²) in [5, 5.41) is 10.8. The molecule has 0 saturated carbocycles. The van der Waals surface area contributed by atoms with Gasteiger partial charge in [0.2, 0.25) is 11.1 Å². The lowest BCUT2D eigenvalue weighted by atomic mass is 10.2. The topological polar surface area (TPSA) is 79.9 Å². The standard InChI is InChI=1S/C14H17ClN4O2S/c1-4-12-17-14(19-18-12)22-7-13(20)16-10-5-8(2)9(15)6-11(10)21-3/h5-6H,4,7H2,1-3H3,(H,16,20)(H,17,18,19). The van der Waals surface area contributed by atoms with Crippen molar-refractivity contribution in [2.45, 2.75) is 25.4 Å². The molecule has 2 rings (SSSR count). The molecule has 2 aromatic rings. The molecule has 0 atom stereocenters. The summed E-state index contributed by atoms with van der Waals surface area (Å²) in [6.07, 6.45) is 0.779. The fraction of sp³-hybridized carbons (Fsp3) is 0.357. The van der Waals surface area contributed by atoms with Crippen LogP contribution in [0.3, 0.4) is 0 Å². The highest BCUT2D eigenvalue weighted by Gasteiger charge is 2.12. The number of hydrogen-bond donors (Lipinski definition) is 2. The minimum absolute atomic E-state index is 0.159. The number of ether oxygens (including phenoxy) is 1. The Morgan fingerprint density at radius 2 is 2.27 bits per heavy atom. The van der Waals surface area contributed by atoms with Crippen LogP contribution in [0.2, 0.25) is 5.02 Å². The lowest BCUT2D eigenvalue weighted by Gasteiger charge is -2.11. The van der Waals surface area contributed by atoms with E-state index >= 15 is 0 Å². The molecule has 1 heterocycles. The van der Waals surface area contributed by atoms with E-state index in [0.29, 0.717) is 21.6 Å². The number of aromatic amines is 1. The van der Waals surface area contributed by atoms with E-state index in [1.54, 1.807) is 12.1 Å². The molecule has 1 aromatic carbocycles. The number of aryl methyl sites for hydroxylation is 2. The number of anilines is 1. The first-order chi connectivity index (χ1) is 10.5. The zero-order valence-electron chi connectivity index (χ0n) is 12.6. The monoisotopic (exact) mass is 340 g/mol. The third kappa shape index (κ3) is 4.14. The Kier molecular flexibility index (Phi) is 5.68. The number of carbonyl (C=O) groups excluding carboxylic acids is 1. The largest absolute Gasteiger partial charge is 0.495 e. The van der Waals surface area contributed by atoms with Crippen molar-refractivity contribution >= 4 is 35.0 Å². The number of carbonyl (C=O) groups is 1. The van der Waals surface area contributed by atoms with E-state index < -0.39 is 0 Å². The normalized spacial score (nSPS) is 10.5. The average molecular weight is 341 g/mol. The Labute approximate surface area is 138 Å². The van der Waals surface area contributed by atoms with Crippen molar-refractivity contribution in [1.82, 2.24) is 15.2 Å². The molecule has 6 nitrogen and oxygen atoms in total. The van der Waals surface area contributed by atoms with Gasteiger partial charge in [0.05, 0.1) is 18.6 Å².